The lowest BCUT2D eigenvalue weighted by atomic mass is 10.0. The third-order valence-electron chi connectivity index (χ3n) is 7.13. The predicted molar refractivity (Wildman–Crippen MR) is 138 cm³/mol. The number of carboxylic acid groups (broad SMARTS) is 1. The highest BCUT2D eigenvalue weighted by Crippen LogP contribution is 2.51. The van der Waals surface area contributed by atoms with Crippen molar-refractivity contribution in [1.82, 2.24) is 14.0 Å². The zero-order valence-corrected chi connectivity index (χ0v) is 21.7. The summed E-state index contributed by atoms with van der Waals surface area (Å²) in [6.07, 6.45) is -6.50. The molecule has 4 aromatic rings. The molecule has 1 aliphatic carbocycles. The molecule has 1 fully saturated rings. The topological polar surface area (TPSA) is 88.6 Å². The number of halogens is 6. The standard InChI is InChI=1S/C27H20F6N4O3S/c28-26(29,30)15-3-1-2-13(8-15)11-34-23-22(35-19-9-16(27(31,32)33)6-7-36(19)23)17-10-20(38)37-18(25(39)40)12-41-24(37)21(17)14-4-5-14/h1-3,6-10,14,18,34H,4-5,11-12H2,(H,39,40). The number of alkyl halides is 6. The van der Waals surface area contributed by atoms with E-state index in [0.717, 1.165) is 43.3 Å². The average molecular weight is 595 g/mol. The number of aliphatic carboxylic acids is 1. The van der Waals surface area contributed by atoms with Crippen LogP contribution in [0.15, 0.2) is 58.5 Å². The van der Waals surface area contributed by atoms with E-state index < -0.39 is 41.0 Å². The molecule has 3 aromatic heterocycles. The van der Waals surface area contributed by atoms with Crippen molar-refractivity contribution in [2.45, 2.75) is 48.7 Å². The van der Waals surface area contributed by atoms with Gasteiger partial charge in [-0.3, -0.25) is 13.8 Å². The first-order valence-corrected chi connectivity index (χ1v) is 13.5. The predicted octanol–water partition coefficient (Wildman–Crippen LogP) is 6.42. The van der Waals surface area contributed by atoms with Crippen LogP contribution >= 0.6 is 11.8 Å². The Morgan fingerprint density at radius 1 is 1.05 bits per heavy atom. The van der Waals surface area contributed by atoms with Crippen molar-refractivity contribution in [3.63, 3.8) is 0 Å². The van der Waals surface area contributed by atoms with Crippen LogP contribution in [0.2, 0.25) is 0 Å². The molecular formula is C27H20F6N4O3S. The first kappa shape index (κ1) is 27.2. The molecular weight excluding hydrogens is 574 g/mol. The zero-order chi connectivity index (χ0) is 29.3. The number of hydrogen-bond acceptors (Lipinski definition) is 5. The molecule has 0 saturated heterocycles. The van der Waals surface area contributed by atoms with E-state index in [9.17, 15) is 41.0 Å². The highest BCUT2D eigenvalue weighted by Gasteiger charge is 2.39. The van der Waals surface area contributed by atoms with Crippen LogP contribution in [0.1, 0.15) is 47.1 Å². The molecule has 0 spiro atoms. The van der Waals surface area contributed by atoms with Gasteiger partial charge in [-0.05, 0) is 54.2 Å². The number of rotatable bonds is 6. The second-order valence-electron chi connectivity index (χ2n) is 9.93. The van der Waals surface area contributed by atoms with Gasteiger partial charge in [0.15, 0.2) is 0 Å². The molecule has 7 nitrogen and oxygen atoms in total. The van der Waals surface area contributed by atoms with Gasteiger partial charge in [-0.15, -0.1) is 11.8 Å². The second kappa shape index (κ2) is 9.57. The highest BCUT2D eigenvalue weighted by molar-refractivity contribution is 7.99. The Morgan fingerprint density at radius 2 is 1.76 bits per heavy atom. The van der Waals surface area contributed by atoms with Crippen LogP contribution in [0.5, 0.6) is 0 Å². The van der Waals surface area contributed by atoms with Crippen LogP contribution in [0.4, 0.5) is 32.2 Å². The maximum absolute atomic E-state index is 13.5. The number of nitrogens with one attached hydrogen (secondary N) is 1. The summed E-state index contributed by atoms with van der Waals surface area (Å²) in [5.41, 5.74) is -0.999. The van der Waals surface area contributed by atoms with Crippen molar-refractivity contribution in [3.8, 4) is 11.3 Å². The number of anilines is 1. The van der Waals surface area contributed by atoms with Crippen LogP contribution in [-0.4, -0.2) is 30.8 Å². The fraction of sp³-hybridized carbons (Fsp3) is 0.296. The minimum Gasteiger partial charge on any atom is -0.480 e. The van der Waals surface area contributed by atoms with Crippen molar-refractivity contribution < 1.29 is 36.2 Å². The molecule has 14 heteroatoms. The number of imidazole rings is 1. The van der Waals surface area contributed by atoms with Crippen LogP contribution in [0, 0.1) is 0 Å². The molecule has 0 radical (unpaired) electrons. The van der Waals surface area contributed by atoms with Gasteiger partial charge >= 0.3 is 18.3 Å². The van der Waals surface area contributed by atoms with E-state index in [1.807, 2.05) is 0 Å². The van der Waals surface area contributed by atoms with Gasteiger partial charge in [-0.1, -0.05) is 12.1 Å². The molecule has 2 aliphatic rings. The quantitative estimate of drug-likeness (QED) is 0.251. The Morgan fingerprint density at radius 3 is 2.41 bits per heavy atom. The normalized spacial score (nSPS) is 17.2. The fourth-order valence-corrected chi connectivity index (χ4v) is 6.45. The molecule has 1 saturated carbocycles. The third-order valence-corrected chi connectivity index (χ3v) is 8.30. The average Bonchev–Trinajstić information content (AvgIpc) is 3.52. The summed E-state index contributed by atoms with van der Waals surface area (Å²) in [6.45, 7) is -0.121. The van der Waals surface area contributed by atoms with Gasteiger partial charge in [0.25, 0.3) is 5.56 Å². The van der Waals surface area contributed by atoms with E-state index in [0.29, 0.717) is 16.2 Å². The van der Waals surface area contributed by atoms with Gasteiger partial charge in [-0.2, -0.15) is 26.3 Å². The molecule has 1 aliphatic heterocycles. The number of aromatic nitrogens is 3. The maximum Gasteiger partial charge on any atom is 0.416 e. The molecule has 0 bridgehead atoms. The van der Waals surface area contributed by atoms with Gasteiger partial charge in [-0.25, -0.2) is 9.78 Å². The second-order valence-corrected chi connectivity index (χ2v) is 10.9. The number of nitrogens with zero attached hydrogens (tertiary/aromatic N) is 3. The number of pyridine rings is 2. The summed E-state index contributed by atoms with van der Waals surface area (Å²) in [7, 11) is 0. The fourth-order valence-electron chi connectivity index (χ4n) is 5.06. The lowest BCUT2D eigenvalue weighted by Crippen LogP contribution is -2.29. The maximum atomic E-state index is 13.5. The summed E-state index contributed by atoms with van der Waals surface area (Å²) in [6, 6.07) is 6.55. The zero-order valence-electron chi connectivity index (χ0n) is 20.9. The first-order valence-electron chi connectivity index (χ1n) is 12.5. The van der Waals surface area contributed by atoms with Gasteiger partial charge in [0.1, 0.15) is 23.2 Å². The number of fused-ring (bicyclic) bond motifs is 2. The van der Waals surface area contributed by atoms with E-state index in [2.05, 4.69) is 10.3 Å². The lowest BCUT2D eigenvalue weighted by Gasteiger charge is -2.17. The Bertz CT molecular complexity index is 1760. The summed E-state index contributed by atoms with van der Waals surface area (Å²) in [5.74, 6) is -0.813. The summed E-state index contributed by atoms with van der Waals surface area (Å²) in [5, 5.41) is 13.2. The van der Waals surface area contributed by atoms with Gasteiger partial charge in [0.2, 0.25) is 0 Å². The summed E-state index contributed by atoms with van der Waals surface area (Å²) >= 11 is 1.23. The number of thioether (sulfide) groups is 1. The SMILES string of the molecule is O=C(O)C1CSc2c(C3CC3)c(-c3nc4cc(C(F)(F)F)ccn4c3NCc3cccc(C(F)(F)F)c3)cc(=O)n21. The van der Waals surface area contributed by atoms with E-state index in [-0.39, 0.29) is 40.9 Å². The number of carboxylic acids is 1. The molecule has 4 heterocycles. The summed E-state index contributed by atoms with van der Waals surface area (Å²) < 4.78 is 82.9. The summed E-state index contributed by atoms with van der Waals surface area (Å²) in [4.78, 5) is 29.5. The molecule has 1 unspecified atom stereocenters. The minimum atomic E-state index is -4.65. The van der Waals surface area contributed by atoms with Crippen LogP contribution in [0.3, 0.4) is 0 Å². The van der Waals surface area contributed by atoms with E-state index in [1.54, 1.807) is 0 Å². The monoisotopic (exact) mass is 594 g/mol. The number of benzene rings is 1. The Hall–Kier alpha value is -3.94. The van der Waals surface area contributed by atoms with Crippen LogP contribution in [-0.2, 0) is 23.7 Å². The number of hydrogen-bond donors (Lipinski definition) is 2. The van der Waals surface area contributed by atoms with E-state index in [4.69, 9.17) is 0 Å². The minimum absolute atomic E-state index is 0.00115. The van der Waals surface area contributed by atoms with E-state index in [1.165, 1.54) is 38.9 Å². The van der Waals surface area contributed by atoms with E-state index >= 15 is 0 Å². The Balaban J connectivity index is 1.52. The van der Waals surface area contributed by atoms with Crippen molar-refractivity contribution in [1.29, 1.82) is 0 Å². The van der Waals surface area contributed by atoms with Crippen molar-refractivity contribution in [3.05, 3.63) is 81.3 Å². The molecule has 0 amide bonds. The number of carbonyl (C=O) groups is 1. The van der Waals surface area contributed by atoms with Crippen LogP contribution in [0.25, 0.3) is 16.9 Å². The molecule has 1 atom stereocenters. The molecule has 1 aromatic carbocycles. The lowest BCUT2D eigenvalue weighted by molar-refractivity contribution is -0.140. The van der Waals surface area contributed by atoms with Gasteiger partial charge in [0, 0.05) is 30.1 Å². The highest BCUT2D eigenvalue weighted by atomic mass is 32.2. The van der Waals surface area contributed by atoms with Crippen molar-refractivity contribution >= 4 is 29.2 Å². The smallest absolute Gasteiger partial charge is 0.416 e. The first-order chi connectivity index (χ1) is 19.3. The molecule has 6 rings (SSSR count). The Kier molecular flexibility index (Phi) is 6.36. The van der Waals surface area contributed by atoms with Gasteiger partial charge < -0.3 is 10.4 Å². The molecule has 214 valence electrons. The molecule has 41 heavy (non-hydrogen) atoms. The van der Waals surface area contributed by atoms with Crippen molar-refractivity contribution in [2.24, 2.45) is 0 Å². The third kappa shape index (κ3) is 4.94. The largest absolute Gasteiger partial charge is 0.480 e. The van der Waals surface area contributed by atoms with Crippen molar-refractivity contribution in [2.75, 3.05) is 11.1 Å². The molecule has 2 N–H and O–H groups in total. The Labute approximate surface area is 231 Å². The van der Waals surface area contributed by atoms with Crippen LogP contribution < -0.4 is 10.9 Å². The van der Waals surface area contributed by atoms with Gasteiger partial charge in [0.05, 0.1) is 16.2 Å².